The fraction of sp³-hybridized carbons (Fsp3) is 0.0870. The van der Waals surface area contributed by atoms with Crippen LogP contribution in [0.15, 0.2) is 63.3 Å². The number of ether oxygens (including phenoxy) is 2. The fourth-order valence-corrected chi connectivity index (χ4v) is 3.98. The summed E-state index contributed by atoms with van der Waals surface area (Å²) in [4.78, 5) is 16.9. The van der Waals surface area contributed by atoms with Crippen molar-refractivity contribution < 1.29 is 13.9 Å². The van der Waals surface area contributed by atoms with Gasteiger partial charge >= 0.3 is 5.63 Å². The molecule has 0 atom stereocenters. The molecule has 0 fully saturated rings. The van der Waals surface area contributed by atoms with Crippen LogP contribution in [-0.4, -0.2) is 19.2 Å². The Morgan fingerprint density at radius 3 is 2.75 bits per heavy atom. The number of fused-ring (bicyclic) bond motifs is 1. The predicted molar refractivity (Wildman–Crippen MR) is 125 cm³/mol. The summed E-state index contributed by atoms with van der Waals surface area (Å²) in [6.07, 6.45) is 1.55. The van der Waals surface area contributed by atoms with Gasteiger partial charge in [-0.15, -0.1) is 11.3 Å². The lowest BCUT2D eigenvalue weighted by Gasteiger charge is -2.09. The number of aromatic nitrogens is 1. The van der Waals surface area contributed by atoms with Crippen LogP contribution < -0.4 is 20.4 Å². The van der Waals surface area contributed by atoms with E-state index in [1.165, 1.54) is 11.3 Å². The molecule has 0 saturated carbocycles. The third-order valence-electron chi connectivity index (χ3n) is 4.59. The van der Waals surface area contributed by atoms with Crippen LogP contribution in [0.3, 0.4) is 0 Å². The Bertz CT molecular complexity index is 1440. The average molecular weight is 466 g/mol. The number of methoxy groups -OCH3 is 2. The van der Waals surface area contributed by atoms with Crippen molar-refractivity contribution in [3.8, 4) is 28.8 Å². The summed E-state index contributed by atoms with van der Waals surface area (Å²) in [6, 6.07) is 14.1. The molecule has 0 aliphatic heterocycles. The summed E-state index contributed by atoms with van der Waals surface area (Å²) >= 11 is 7.29. The second-order valence-electron chi connectivity index (χ2n) is 6.55. The standard InChI is InChI=1S/C23H16ClN3O4S/c1-29-20-6-4-16(9-21(20)30-2)26-11-14(10-25)22-27-18(12-32-22)17-8-13-7-15(24)3-5-19(13)31-23(17)28/h3-9,11-12,26H,1-2H3/b14-11+. The first-order valence-corrected chi connectivity index (χ1v) is 10.6. The Balaban J connectivity index is 1.63. The lowest BCUT2D eigenvalue weighted by Crippen LogP contribution is -2.03. The van der Waals surface area contributed by atoms with Crippen molar-refractivity contribution in [1.82, 2.24) is 4.98 Å². The lowest BCUT2D eigenvalue weighted by atomic mass is 10.1. The van der Waals surface area contributed by atoms with Crippen LogP contribution in [0.5, 0.6) is 11.5 Å². The highest BCUT2D eigenvalue weighted by atomic mass is 35.5. The summed E-state index contributed by atoms with van der Waals surface area (Å²) < 4.78 is 15.9. The van der Waals surface area contributed by atoms with Crippen molar-refractivity contribution in [3.63, 3.8) is 0 Å². The average Bonchev–Trinajstić information content (AvgIpc) is 3.29. The third kappa shape index (κ3) is 4.30. The molecule has 0 spiro atoms. The molecule has 2 aromatic heterocycles. The molecule has 160 valence electrons. The minimum Gasteiger partial charge on any atom is -0.493 e. The van der Waals surface area contributed by atoms with Crippen molar-refractivity contribution >= 4 is 45.2 Å². The number of hydrogen-bond acceptors (Lipinski definition) is 8. The molecule has 2 heterocycles. The van der Waals surface area contributed by atoms with Gasteiger partial charge in [-0.3, -0.25) is 0 Å². The van der Waals surface area contributed by atoms with E-state index in [4.69, 9.17) is 25.5 Å². The number of anilines is 1. The van der Waals surface area contributed by atoms with Gasteiger partial charge in [0.25, 0.3) is 0 Å². The molecule has 32 heavy (non-hydrogen) atoms. The summed E-state index contributed by atoms with van der Waals surface area (Å²) in [5.74, 6) is 1.16. The minimum atomic E-state index is -0.511. The number of nitriles is 1. The maximum atomic E-state index is 12.4. The van der Waals surface area contributed by atoms with Gasteiger partial charge in [0.1, 0.15) is 22.2 Å². The number of hydrogen-bond donors (Lipinski definition) is 1. The Hall–Kier alpha value is -3.80. The topological polar surface area (TPSA) is 97.4 Å². The van der Waals surface area contributed by atoms with Crippen LogP contribution in [-0.2, 0) is 0 Å². The van der Waals surface area contributed by atoms with Gasteiger partial charge < -0.3 is 19.2 Å². The van der Waals surface area contributed by atoms with E-state index in [1.54, 1.807) is 68.3 Å². The van der Waals surface area contributed by atoms with Crippen LogP contribution in [0.4, 0.5) is 5.69 Å². The molecule has 1 N–H and O–H groups in total. The van der Waals surface area contributed by atoms with Gasteiger partial charge in [-0.1, -0.05) is 11.6 Å². The fourth-order valence-electron chi connectivity index (χ4n) is 3.02. The van der Waals surface area contributed by atoms with E-state index in [1.807, 2.05) is 0 Å². The molecular weight excluding hydrogens is 450 g/mol. The quantitative estimate of drug-likeness (QED) is 0.294. The number of nitrogens with zero attached hydrogens (tertiary/aromatic N) is 2. The summed E-state index contributed by atoms with van der Waals surface area (Å²) in [6.45, 7) is 0. The van der Waals surface area contributed by atoms with Gasteiger partial charge in [0.05, 0.1) is 25.5 Å². The van der Waals surface area contributed by atoms with Crippen molar-refractivity contribution in [2.75, 3.05) is 19.5 Å². The van der Waals surface area contributed by atoms with Gasteiger partial charge in [0, 0.05) is 33.7 Å². The highest BCUT2D eigenvalue weighted by molar-refractivity contribution is 7.11. The first-order valence-electron chi connectivity index (χ1n) is 9.31. The summed E-state index contributed by atoms with van der Waals surface area (Å²) in [7, 11) is 3.11. The zero-order valence-electron chi connectivity index (χ0n) is 17.0. The van der Waals surface area contributed by atoms with Crippen LogP contribution in [0.25, 0.3) is 27.8 Å². The van der Waals surface area contributed by atoms with E-state index >= 15 is 0 Å². The Morgan fingerprint density at radius 1 is 1.19 bits per heavy atom. The number of allylic oxidation sites excluding steroid dienone is 1. The second kappa shape index (κ2) is 9.14. The largest absolute Gasteiger partial charge is 0.493 e. The van der Waals surface area contributed by atoms with E-state index in [0.717, 1.165) is 0 Å². The zero-order chi connectivity index (χ0) is 22.7. The Labute approximate surface area is 192 Å². The van der Waals surface area contributed by atoms with E-state index in [-0.39, 0.29) is 0 Å². The number of halogens is 1. The number of nitrogens with one attached hydrogen (secondary N) is 1. The molecule has 0 saturated heterocycles. The van der Waals surface area contributed by atoms with Crippen molar-refractivity contribution in [2.24, 2.45) is 0 Å². The van der Waals surface area contributed by atoms with Crippen LogP contribution >= 0.6 is 22.9 Å². The van der Waals surface area contributed by atoms with Crippen LogP contribution in [0.1, 0.15) is 5.01 Å². The highest BCUT2D eigenvalue weighted by Crippen LogP contribution is 2.31. The van der Waals surface area contributed by atoms with Crippen molar-refractivity contribution in [1.29, 1.82) is 5.26 Å². The second-order valence-corrected chi connectivity index (χ2v) is 7.85. The summed E-state index contributed by atoms with van der Waals surface area (Å²) in [5.41, 5.74) is 1.67. The molecule has 2 aromatic carbocycles. The molecular formula is C23H16ClN3O4S. The molecule has 9 heteroatoms. The number of thiazole rings is 1. The lowest BCUT2D eigenvalue weighted by molar-refractivity contribution is 0.355. The molecule has 0 aliphatic carbocycles. The van der Waals surface area contributed by atoms with E-state index in [9.17, 15) is 10.1 Å². The number of benzene rings is 2. The Morgan fingerprint density at radius 2 is 2.00 bits per heavy atom. The monoisotopic (exact) mass is 465 g/mol. The van der Waals surface area contributed by atoms with E-state index < -0.39 is 5.63 Å². The molecule has 0 amide bonds. The molecule has 4 aromatic rings. The maximum absolute atomic E-state index is 12.4. The third-order valence-corrected chi connectivity index (χ3v) is 5.70. The Kier molecular flexibility index (Phi) is 6.12. The highest BCUT2D eigenvalue weighted by Gasteiger charge is 2.14. The molecule has 0 unspecified atom stereocenters. The first kappa shape index (κ1) is 21.4. The van der Waals surface area contributed by atoms with Crippen LogP contribution in [0.2, 0.25) is 5.02 Å². The predicted octanol–water partition coefficient (Wildman–Crippen LogP) is 5.56. The first-order chi connectivity index (χ1) is 15.5. The molecule has 7 nitrogen and oxygen atoms in total. The van der Waals surface area contributed by atoms with Gasteiger partial charge in [-0.2, -0.15) is 5.26 Å². The number of rotatable bonds is 6. The van der Waals surface area contributed by atoms with E-state index in [2.05, 4.69) is 16.4 Å². The smallest absolute Gasteiger partial charge is 0.345 e. The normalized spacial score (nSPS) is 11.2. The van der Waals surface area contributed by atoms with Gasteiger partial charge in [0.2, 0.25) is 0 Å². The van der Waals surface area contributed by atoms with Crippen molar-refractivity contribution in [3.05, 3.63) is 74.5 Å². The summed E-state index contributed by atoms with van der Waals surface area (Å²) in [5, 5.41) is 16.1. The van der Waals surface area contributed by atoms with Crippen LogP contribution in [0, 0.1) is 11.3 Å². The van der Waals surface area contributed by atoms with E-state index in [0.29, 0.717) is 55.0 Å². The van der Waals surface area contributed by atoms with Crippen molar-refractivity contribution in [2.45, 2.75) is 0 Å². The molecule has 4 rings (SSSR count). The molecule has 0 bridgehead atoms. The van der Waals surface area contributed by atoms with Gasteiger partial charge in [-0.25, -0.2) is 9.78 Å². The SMILES string of the molecule is COc1ccc(N/C=C(\C#N)c2nc(-c3cc4cc(Cl)ccc4oc3=O)cs2)cc1OC. The molecule has 0 aliphatic rings. The van der Waals surface area contributed by atoms with Gasteiger partial charge in [-0.05, 0) is 36.4 Å². The van der Waals surface area contributed by atoms with Gasteiger partial charge in [0.15, 0.2) is 11.5 Å². The minimum absolute atomic E-state index is 0.299. The maximum Gasteiger partial charge on any atom is 0.345 e. The molecule has 0 radical (unpaired) electrons. The zero-order valence-corrected chi connectivity index (χ0v) is 18.6.